The SMILES string of the molecule is N#Cc1cnc2ccccc2c1NCC1CC=CCC1. The quantitative estimate of drug-likeness (QED) is 0.855. The van der Waals surface area contributed by atoms with Crippen LogP contribution in [0.1, 0.15) is 24.8 Å². The second-order valence-electron chi connectivity index (χ2n) is 5.21. The summed E-state index contributed by atoms with van der Waals surface area (Å²) in [5.41, 5.74) is 2.47. The van der Waals surface area contributed by atoms with Gasteiger partial charge in [-0.05, 0) is 31.2 Å². The highest BCUT2D eigenvalue weighted by atomic mass is 14.9. The van der Waals surface area contributed by atoms with E-state index in [1.54, 1.807) is 6.20 Å². The van der Waals surface area contributed by atoms with E-state index in [1.807, 2.05) is 24.3 Å². The van der Waals surface area contributed by atoms with Crippen molar-refractivity contribution >= 4 is 16.6 Å². The molecule has 3 heteroatoms. The van der Waals surface area contributed by atoms with Crippen LogP contribution in [0.5, 0.6) is 0 Å². The third kappa shape index (κ3) is 2.50. The van der Waals surface area contributed by atoms with Crippen molar-refractivity contribution in [3.05, 3.63) is 48.2 Å². The molecule has 0 amide bonds. The minimum Gasteiger partial charge on any atom is -0.383 e. The number of pyridine rings is 1. The summed E-state index contributed by atoms with van der Waals surface area (Å²) < 4.78 is 0. The summed E-state index contributed by atoms with van der Waals surface area (Å²) >= 11 is 0. The standard InChI is InChI=1S/C17H17N3/c18-10-14-12-19-16-9-5-4-8-15(16)17(14)20-11-13-6-2-1-3-7-13/h1-2,4-5,8-9,12-13H,3,6-7,11H2,(H,19,20). The zero-order valence-electron chi connectivity index (χ0n) is 11.3. The molecular weight excluding hydrogens is 246 g/mol. The van der Waals surface area contributed by atoms with Crippen molar-refractivity contribution in [2.24, 2.45) is 5.92 Å². The number of hydrogen-bond donors (Lipinski definition) is 1. The lowest BCUT2D eigenvalue weighted by Gasteiger charge is -2.20. The lowest BCUT2D eigenvalue weighted by molar-refractivity contribution is 0.504. The van der Waals surface area contributed by atoms with Gasteiger partial charge in [-0.25, -0.2) is 0 Å². The summed E-state index contributed by atoms with van der Waals surface area (Å²) in [5, 5.41) is 13.8. The van der Waals surface area contributed by atoms with Crippen molar-refractivity contribution in [3.63, 3.8) is 0 Å². The van der Waals surface area contributed by atoms with Gasteiger partial charge in [0.2, 0.25) is 0 Å². The first-order chi connectivity index (χ1) is 9.88. The molecule has 1 atom stereocenters. The number of benzene rings is 1. The van der Waals surface area contributed by atoms with Gasteiger partial charge in [0.15, 0.2) is 0 Å². The van der Waals surface area contributed by atoms with Gasteiger partial charge in [0.25, 0.3) is 0 Å². The summed E-state index contributed by atoms with van der Waals surface area (Å²) in [4.78, 5) is 4.33. The molecule has 3 nitrogen and oxygen atoms in total. The van der Waals surface area contributed by atoms with E-state index in [2.05, 4.69) is 28.5 Å². The van der Waals surface area contributed by atoms with Gasteiger partial charge in [-0.15, -0.1) is 0 Å². The molecule has 0 fully saturated rings. The molecule has 0 radical (unpaired) electrons. The Morgan fingerprint density at radius 3 is 3.00 bits per heavy atom. The number of nitrogens with zero attached hydrogens (tertiary/aromatic N) is 2. The first kappa shape index (κ1) is 12.7. The van der Waals surface area contributed by atoms with Crippen LogP contribution in [0.15, 0.2) is 42.6 Å². The number of rotatable bonds is 3. The highest BCUT2D eigenvalue weighted by molar-refractivity contribution is 5.93. The molecule has 1 aliphatic carbocycles. The summed E-state index contributed by atoms with van der Waals surface area (Å²) in [6, 6.07) is 10.2. The maximum absolute atomic E-state index is 9.27. The van der Waals surface area contributed by atoms with Gasteiger partial charge in [-0.1, -0.05) is 30.4 Å². The summed E-state index contributed by atoms with van der Waals surface area (Å²) in [7, 11) is 0. The average molecular weight is 263 g/mol. The zero-order valence-corrected chi connectivity index (χ0v) is 11.3. The zero-order chi connectivity index (χ0) is 13.8. The van der Waals surface area contributed by atoms with Crippen molar-refractivity contribution in [3.8, 4) is 6.07 Å². The van der Waals surface area contributed by atoms with Crippen molar-refractivity contribution in [2.45, 2.75) is 19.3 Å². The van der Waals surface area contributed by atoms with Crippen LogP contribution in [0.2, 0.25) is 0 Å². The number of allylic oxidation sites excluding steroid dienone is 2. The fraction of sp³-hybridized carbons (Fsp3) is 0.294. The Hall–Kier alpha value is -2.34. The highest BCUT2D eigenvalue weighted by Gasteiger charge is 2.12. The van der Waals surface area contributed by atoms with Gasteiger partial charge >= 0.3 is 0 Å². The molecule has 1 aromatic carbocycles. The fourth-order valence-electron chi connectivity index (χ4n) is 2.70. The van der Waals surface area contributed by atoms with Gasteiger partial charge < -0.3 is 5.32 Å². The van der Waals surface area contributed by atoms with E-state index in [0.29, 0.717) is 11.5 Å². The van der Waals surface area contributed by atoms with E-state index in [9.17, 15) is 5.26 Å². The van der Waals surface area contributed by atoms with Gasteiger partial charge in [-0.2, -0.15) is 5.26 Å². The molecule has 0 saturated heterocycles. The number of fused-ring (bicyclic) bond motifs is 1. The average Bonchev–Trinajstić information content (AvgIpc) is 2.53. The minimum atomic E-state index is 0.620. The number of nitriles is 1. The number of aromatic nitrogens is 1. The lowest BCUT2D eigenvalue weighted by atomic mass is 9.94. The van der Waals surface area contributed by atoms with Crippen LogP contribution in [0.25, 0.3) is 10.9 Å². The molecular formula is C17H17N3. The fourth-order valence-corrected chi connectivity index (χ4v) is 2.70. The Labute approximate surface area is 118 Å². The molecule has 1 heterocycles. The number of hydrogen-bond acceptors (Lipinski definition) is 3. The van der Waals surface area contributed by atoms with E-state index in [1.165, 1.54) is 6.42 Å². The van der Waals surface area contributed by atoms with Crippen LogP contribution in [0, 0.1) is 17.2 Å². The Bertz CT molecular complexity index is 682. The summed E-state index contributed by atoms with van der Waals surface area (Å²) in [6.07, 6.45) is 9.66. The van der Waals surface area contributed by atoms with Gasteiger partial charge in [0.1, 0.15) is 6.07 Å². The molecule has 0 saturated carbocycles. The molecule has 1 aromatic heterocycles. The van der Waals surface area contributed by atoms with Crippen LogP contribution in [-0.2, 0) is 0 Å². The molecule has 100 valence electrons. The van der Waals surface area contributed by atoms with E-state index >= 15 is 0 Å². The van der Waals surface area contributed by atoms with Gasteiger partial charge in [0, 0.05) is 18.1 Å². The third-order valence-electron chi connectivity index (χ3n) is 3.84. The molecule has 3 rings (SSSR count). The van der Waals surface area contributed by atoms with E-state index in [0.717, 1.165) is 36.0 Å². The molecule has 0 bridgehead atoms. The number of anilines is 1. The molecule has 1 aliphatic rings. The smallest absolute Gasteiger partial charge is 0.103 e. The van der Waals surface area contributed by atoms with Crippen LogP contribution in [0.4, 0.5) is 5.69 Å². The normalized spacial score (nSPS) is 17.9. The molecule has 1 unspecified atom stereocenters. The first-order valence-corrected chi connectivity index (χ1v) is 7.05. The summed E-state index contributed by atoms with van der Waals surface area (Å²) in [5.74, 6) is 0.651. The first-order valence-electron chi connectivity index (χ1n) is 7.05. The Balaban J connectivity index is 1.89. The molecule has 2 aromatic rings. The molecule has 0 aliphatic heterocycles. The molecule has 1 N–H and O–H groups in total. The minimum absolute atomic E-state index is 0.620. The van der Waals surface area contributed by atoms with E-state index in [-0.39, 0.29) is 0 Å². The van der Waals surface area contributed by atoms with Crippen LogP contribution < -0.4 is 5.32 Å². The summed E-state index contributed by atoms with van der Waals surface area (Å²) in [6.45, 7) is 0.910. The van der Waals surface area contributed by atoms with Gasteiger partial charge in [0.05, 0.1) is 16.8 Å². The monoisotopic (exact) mass is 263 g/mol. The van der Waals surface area contributed by atoms with Crippen LogP contribution in [0.3, 0.4) is 0 Å². The van der Waals surface area contributed by atoms with Crippen LogP contribution >= 0.6 is 0 Å². The Morgan fingerprint density at radius 2 is 2.20 bits per heavy atom. The van der Waals surface area contributed by atoms with Crippen molar-refractivity contribution in [2.75, 3.05) is 11.9 Å². The largest absolute Gasteiger partial charge is 0.383 e. The topological polar surface area (TPSA) is 48.7 Å². The molecule has 0 spiro atoms. The third-order valence-corrected chi connectivity index (χ3v) is 3.84. The van der Waals surface area contributed by atoms with E-state index in [4.69, 9.17) is 0 Å². The Kier molecular flexibility index (Phi) is 3.64. The van der Waals surface area contributed by atoms with Crippen LogP contribution in [-0.4, -0.2) is 11.5 Å². The molecule has 20 heavy (non-hydrogen) atoms. The Morgan fingerprint density at radius 1 is 1.30 bits per heavy atom. The number of nitrogens with one attached hydrogen (secondary N) is 1. The van der Waals surface area contributed by atoms with Gasteiger partial charge in [-0.3, -0.25) is 4.98 Å². The second-order valence-corrected chi connectivity index (χ2v) is 5.21. The maximum atomic E-state index is 9.27. The van der Waals surface area contributed by atoms with Crippen molar-refractivity contribution < 1.29 is 0 Å². The van der Waals surface area contributed by atoms with Crippen molar-refractivity contribution in [1.82, 2.24) is 4.98 Å². The number of para-hydroxylation sites is 1. The lowest BCUT2D eigenvalue weighted by Crippen LogP contribution is -2.16. The van der Waals surface area contributed by atoms with Crippen molar-refractivity contribution in [1.29, 1.82) is 5.26 Å². The predicted molar refractivity (Wildman–Crippen MR) is 81.4 cm³/mol. The predicted octanol–water partition coefficient (Wildman–Crippen LogP) is 3.87. The maximum Gasteiger partial charge on any atom is 0.103 e. The van der Waals surface area contributed by atoms with E-state index < -0.39 is 0 Å². The highest BCUT2D eigenvalue weighted by Crippen LogP contribution is 2.27. The second kappa shape index (κ2) is 5.75.